The van der Waals surface area contributed by atoms with Crippen LogP contribution in [0.5, 0.6) is 0 Å². The van der Waals surface area contributed by atoms with Crippen molar-refractivity contribution in [2.24, 2.45) is 0 Å². The van der Waals surface area contributed by atoms with E-state index in [1.165, 1.54) is 0 Å². The third kappa shape index (κ3) is 1.92. The van der Waals surface area contributed by atoms with Crippen LogP contribution < -0.4 is 0 Å². The highest BCUT2D eigenvalue weighted by atomic mass is 35.5. The number of nitrogens with zero attached hydrogens (tertiary/aromatic N) is 1. The van der Waals surface area contributed by atoms with Gasteiger partial charge in [-0.3, -0.25) is 9.78 Å². The molecule has 0 radical (unpaired) electrons. The number of fused-ring (bicyclic) bond motifs is 1. The highest BCUT2D eigenvalue weighted by Gasteiger charge is 2.14. The number of carbonyl (C=O) groups is 1. The molecule has 0 saturated carbocycles. The Morgan fingerprint density at radius 2 is 2.00 bits per heavy atom. The molecule has 0 spiro atoms. The molecule has 2 heterocycles. The summed E-state index contributed by atoms with van der Waals surface area (Å²) in [4.78, 5) is 18.7. The quantitative estimate of drug-likeness (QED) is 0.715. The van der Waals surface area contributed by atoms with Crippen LogP contribution in [0.2, 0.25) is 5.02 Å². The summed E-state index contributed by atoms with van der Waals surface area (Å²) in [5.74, 6) is 0. The first-order chi connectivity index (χ1) is 9.20. The third-order valence-corrected chi connectivity index (χ3v) is 3.41. The Labute approximate surface area is 115 Å². The van der Waals surface area contributed by atoms with E-state index in [1.807, 2.05) is 31.2 Å². The number of aromatic nitrogens is 2. The van der Waals surface area contributed by atoms with Crippen molar-refractivity contribution in [3.05, 3.63) is 52.8 Å². The number of aryl methyl sites for hydroxylation is 1. The molecular weight excluding hydrogens is 260 g/mol. The smallest absolute Gasteiger partial charge is 0.152 e. The maximum Gasteiger partial charge on any atom is 0.152 e. The lowest BCUT2D eigenvalue weighted by Crippen LogP contribution is -1.84. The van der Waals surface area contributed by atoms with Gasteiger partial charge in [-0.05, 0) is 36.8 Å². The van der Waals surface area contributed by atoms with E-state index in [0.29, 0.717) is 10.6 Å². The zero-order valence-corrected chi connectivity index (χ0v) is 11.0. The minimum atomic E-state index is 0.631. The molecule has 2 aromatic heterocycles. The van der Waals surface area contributed by atoms with Crippen molar-refractivity contribution in [1.29, 1.82) is 0 Å². The van der Waals surface area contributed by atoms with Crippen molar-refractivity contribution in [2.45, 2.75) is 6.92 Å². The number of halogens is 1. The van der Waals surface area contributed by atoms with Crippen molar-refractivity contribution in [1.82, 2.24) is 9.97 Å². The van der Waals surface area contributed by atoms with Crippen molar-refractivity contribution >= 4 is 28.8 Å². The fourth-order valence-corrected chi connectivity index (χ4v) is 2.59. The molecule has 0 amide bonds. The molecule has 1 aromatic carbocycles. The maximum absolute atomic E-state index is 11.4. The normalized spacial score (nSPS) is 10.8. The lowest BCUT2D eigenvalue weighted by molar-refractivity contribution is 0.112. The van der Waals surface area contributed by atoms with Crippen LogP contribution in [0.15, 0.2) is 36.7 Å². The second kappa shape index (κ2) is 4.52. The number of aromatic amines is 1. The number of rotatable bonds is 2. The van der Waals surface area contributed by atoms with Crippen LogP contribution in [0.25, 0.3) is 22.2 Å². The van der Waals surface area contributed by atoms with Crippen LogP contribution in [0.1, 0.15) is 15.9 Å². The van der Waals surface area contributed by atoms with E-state index in [2.05, 4.69) is 9.97 Å². The van der Waals surface area contributed by atoms with Gasteiger partial charge in [0, 0.05) is 39.4 Å². The van der Waals surface area contributed by atoms with Gasteiger partial charge in [0.2, 0.25) is 0 Å². The molecule has 0 atom stereocenters. The van der Waals surface area contributed by atoms with Gasteiger partial charge < -0.3 is 4.98 Å². The van der Waals surface area contributed by atoms with E-state index in [4.69, 9.17) is 11.6 Å². The molecule has 4 heteroatoms. The molecule has 0 aliphatic heterocycles. The number of H-pyrrole nitrogens is 1. The second-order valence-corrected chi connectivity index (χ2v) is 4.85. The van der Waals surface area contributed by atoms with Gasteiger partial charge >= 0.3 is 0 Å². The van der Waals surface area contributed by atoms with Gasteiger partial charge in [-0.25, -0.2) is 0 Å². The van der Waals surface area contributed by atoms with Crippen molar-refractivity contribution in [3.8, 4) is 11.3 Å². The number of hydrogen-bond donors (Lipinski definition) is 1. The summed E-state index contributed by atoms with van der Waals surface area (Å²) in [5.41, 5.74) is 4.33. The van der Waals surface area contributed by atoms with Gasteiger partial charge in [-0.15, -0.1) is 0 Å². The third-order valence-electron chi connectivity index (χ3n) is 3.20. The summed E-state index contributed by atoms with van der Waals surface area (Å²) < 4.78 is 0. The van der Waals surface area contributed by atoms with Crippen LogP contribution in [0.4, 0.5) is 0 Å². The summed E-state index contributed by atoms with van der Waals surface area (Å²) >= 11 is 6.07. The first-order valence-electron chi connectivity index (χ1n) is 5.88. The largest absolute Gasteiger partial charge is 0.354 e. The van der Waals surface area contributed by atoms with Crippen LogP contribution in [-0.4, -0.2) is 16.3 Å². The topological polar surface area (TPSA) is 45.8 Å². The van der Waals surface area contributed by atoms with Crippen LogP contribution >= 0.6 is 11.6 Å². The van der Waals surface area contributed by atoms with Crippen molar-refractivity contribution < 1.29 is 4.79 Å². The van der Waals surface area contributed by atoms with E-state index in [-0.39, 0.29) is 0 Å². The van der Waals surface area contributed by atoms with Gasteiger partial charge in [-0.2, -0.15) is 0 Å². The monoisotopic (exact) mass is 270 g/mol. The van der Waals surface area contributed by atoms with Crippen molar-refractivity contribution in [2.75, 3.05) is 0 Å². The lowest BCUT2D eigenvalue weighted by atomic mass is 10.1. The van der Waals surface area contributed by atoms with Gasteiger partial charge in [0.1, 0.15) is 0 Å². The summed E-state index contributed by atoms with van der Waals surface area (Å²) in [6.45, 7) is 1.97. The fraction of sp³-hybridized carbons (Fsp3) is 0.0667. The average Bonchev–Trinajstić information content (AvgIpc) is 2.78. The molecule has 0 aliphatic carbocycles. The standard InChI is InChI=1S/C15H11ClN2O/c1-9-6-11(16)7-12-13(8-19)15(18-14(9)12)10-2-4-17-5-3-10/h2-8,18H,1H3. The molecule has 1 N–H and O–H groups in total. The number of pyridine rings is 1. The van der Waals surface area contributed by atoms with Crippen molar-refractivity contribution in [3.63, 3.8) is 0 Å². The predicted octanol–water partition coefficient (Wildman–Crippen LogP) is 4.00. The molecule has 0 saturated heterocycles. The summed E-state index contributed by atoms with van der Waals surface area (Å²) in [5, 5.41) is 1.49. The first-order valence-corrected chi connectivity index (χ1v) is 6.26. The highest BCUT2D eigenvalue weighted by Crippen LogP contribution is 2.32. The fourth-order valence-electron chi connectivity index (χ4n) is 2.32. The molecule has 3 aromatic rings. The van der Waals surface area contributed by atoms with E-state index in [9.17, 15) is 4.79 Å². The molecular formula is C15H11ClN2O. The highest BCUT2D eigenvalue weighted by molar-refractivity contribution is 6.31. The van der Waals surface area contributed by atoms with Gasteiger partial charge in [0.05, 0.1) is 5.69 Å². The van der Waals surface area contributed by atoms with Gasteiger partial charge in [-0.1, -0.05) is 11.6 Å². The number of aldehydes is 1. The minimum absolute atomic E-state index is 0.631. The molecule has 19 heavy (non-hydrogen) atoms. The number of hydrogen-bond acceptors (Lipinski definition) is 2. The number of carbonyl (C=O) groups excluding carboxylic acids is 1. The molecule has 94 valence electrons. The summed E-state index contributed by atoms with van der Waals surface area (Å²) in [7, 11) is 0. The zero-order chi connectivity index (χ0) is 13.4. The van der Waals surface area contributed by atoms with Crippen LogP contribution in [-0.2, 0) is 0 Å². The Bertz CT molecular complexity index is 763. The van der Waals surface area contributed by atoms with Gasteiger partial charge in [0.15, 0.2) is 6.29 Å². The molecule has 0 fully saturated rings. The van der Waals surface area contributed by atoms with E-state index in [1.54, 1.807) is 12.4 Å². The Kier molecular flexibility index (Phi) is 2.84. The summed E-state index contributed by atoms with van der Waals surface area (Å²) in [6, 6.07) is 7.43. The van der Waals surface area contributed by atoms with Gasteiger partial charge in [0.25, 0.3) is 0 Å². The zero-order valence-electron chi connectivity index (χ0n) is 10.3. The Morgan fingerprint density at radius 1 is 1.26 bits per heavy atom. The average molecular weight is 271 g/mol. The first kappa shape index (κ1) is 11.9. The SMILES string of the molecule is Cc1cc(Cl)cc2c(C=O)c(-c3ccncc3)[nH]c12. The second-order valence-electron chi connectivity index (χ2n) is 4.41. The Morgan fingerprint density at radius 3 is 2.68 bits per heavy atom. The number of benzene rings is 1. The van der Waals surface area contributed by atoms with Crippen LogP contribution in [0.3, 0.4) is 0 Å². The molecule has 0 aliphatic rings. The minimum Gasteiger partial charge on any atom is -0.354 e. The van der Waals surface area contributed by atoms with Crippen LogP contribution in [0, 0.1) is 6.92 Å². The molecule has 3 nitrogen and oxygen atoms in total. The Hall–Kier alpha value is -2.13. The molecule has 3 rings (SSSR count). The lowest BCUT2D eigenvalue weighted by Gasteiger charge is -1.98. The van der Waals surface area contributed by atoms with E-state index < -0.39 is 0 Å². The number of nitrogens with one attached hydrogen (secondary N) is 1. The molecule has 0 unspecified atom stereocenters. The summed E-state index contributed by atoms with van der Waals surface area (Å²) in [6.07, 6.45) is 4.27. The van der Waals surface area contributed by atoms with E-state index >= 15 is 0 Å². The van der Waals surface area contributed by atoms with E-state index in [0.717, 1.165) is 34.0 Å². The molecule has 0 bridgehead atoms. The Balaban J connectivity index is 2.38. The predicted molar refractivity (Wildman–Crippen MR) is 76.7 cm³/mol. The maximum atomic E-state index is 11.4.